The zero-order valence-electron chi connectivity index (χ0n) is 11.4. The van der Waals surface area contributed by atoms with Crippen LogP contribution in [-0.2, 0) is 9.47 Å². The van der Waals surface area contributed by atoms with Gasteiger partial charge in [-0.3, -0.25) is 0 Å². The maximum atomic E-state index is 5.54. The van der Waals surface area contributed by atoms with E-state index in [9.17, 15) is 0 Å². The van der Waals surface area contributed by atoms with E-state index >= 15 is 0 Å². The first-order valence-corrected chi connectivity index (χ1v) is 6.58. The molecule has 0 spiro atoms. The number of rotatable bonds is 5. The summed E-state index contributed by atoms with van der Waals surface area (Å²) in [6.07, 6.45) is 0. The Balaban J connectivity index is 1.81. The molecule has 0 N–H and O–H groups in total. The van der Waals surface area contributed by atoms with Gasteiger partial charge in [-0.1, -0.05) is 18.2 Å². The first-order valence-electron chi connectivity index (χ1n) is 6.58. The van der Waals surface area contributed by atoms with E-state index in [2.05, 4.69) is 49.9 Å². The van der Waals surface area contributed by atoms with Crippen molar-refractivity contribution in [1.29, 1.82) is 0 Å². The standard InChI is InChI=1S/C15H21NO2/c1-12-6-4-5-7-13(12)16(8-14(2)10-17-14)9-15(3)11-18-15/h4-7H,8-11H2,1-3H3. The Morgan fingerprint density at radius 3 is 2.00 bits per heavy atom. The lowest BCUT2D eigenvalue weighted by atomic mass is 10.1. The normalized spacial score (nSPS) is 33.3. The number of benzene rings is 1. The Kier molecular flexibility index (Phi) is 2.65. The molecule has 98 valence electrons. The molecule has 18 heavy (non-hydrogen) atoms. The third-order valence-electron chi connectivity index (χ3n) is 3.78. The molecule has 1 aromatic carbocycles. The first kappa shape index (κ1) is 12.0. The van der Waals surface area contributed by atoms with Crippen molar-refractivity contribution in [3.63, 3.8) is 0 Å². The van der Waals surface area contributed by atoms with Gasteiger partial charge in [0.25, 0.3) is 0 Å². The van der Waals surface area contributed by atoms with Gasteiger partial charge in [-0.05, 0) is 32.4 Å². The third-order valence-corrected chi connectivity index (χ3v) is 3.78. The Bertz CT molecular complexity index is 430. The van der Waals surface area contributed by atoms with Crippen molar-refractivity contribution in [2.75, 3.05) is 31.2 Å². The minimum Gasteiger partial charge on any atom is -0.368 e. The summed E-state index contributed by atoms with van der Waals surface area (Å²) in [5.41, 5.74) is 2.68. The first-order chi connectivity index (χ1) is 8.50. The van der Waals surface area contributed by atoms with Crippen molar-refractivity contribution in [3.8, 4) is 0 Å². The minimum absolute atomic E-state index is 0.0352. The van der Waals surface area contributed by atoms with Gasteiger partial charge in [-0.25, -0.2) is 0 Å². The fourth-order valence-electron chi connectivity index (χ4n) is 2.38. The largest absolute Gasteiger partial charge is 0.368 e. The Morgan fingerprint density at radius 2 is 1.56 bits per heavy atom. The molecule has 2 heterocycles. The Morgan fingerprint density at radius 1 is 1.06 bits per heavy atom. The highest BCUT2D eigenvalue weighted by Gasteiger charge is 2.45. The molecule has 0 bridgehead atoms. The predicted octanol–water partition coefficient (Wildman–Crippen LogP) is 2.38. The van der Waals surface area contributed by atoms with E-state index in [1.807, 2.05) is 0 Å². The van der Waals surface area contributed by atoms with Crippen molar-refractivity contribution < 1.29 is 9.47 Å². The van der Waals surface area contributed by atoms with Crippen LogP contribution in [0.3, 0.4) is 0 Å². The van der Waals surface area contributed by atoms with Crippen molar-refractivity contribution in [2.45, 2.75) is 32.0 Å². The fraction of sp³-hybridized carbons (Fsp3) is 0.600. The van der Waals surface area contributed by atoms with Gasteiger partial charge >= 0.3 is 0 Å². The van der Waals surface area contributed by atoms with Crippen LogP contribution in [0.2, 0.25) is 0 Å². The molecule has 2 fully saturated rings. The van der Waals surface area contributed by atoms with E-state index in [0.29, 0.717) is 0 Å². The molecule has 2 saturated heterocycles. The number of para-hydroxylation sites is 1. The molecule has 3 rings (SSSR count). The SMILES string of the molecule is Cc1ccccc1N(CC1(C)CO1)CC1(C)CO1. The van der Waals surface area contributed by atoms with Gasteiger partial charge in [-0.2, -0.15) is 0 Å². The Labute approximate surface area is 109 Å². The van der Waals surface area contributed by atoms with Crippen LogP contribution in [0.1, 0.15) is 19.4 Å². The van der Waals surface area contributed by atoms with Crippen molar-refractivity contribution in [3.05, 3.63) is 29.8 Å². The molecule has 1 aromatic rings. The van der Waals surface area contributed by atoms with Crippen LogP contribution < -0.4 is 4.90 Å². The molecule has 2 unspecified atom stereocenters. The highest BCUT2D eigenvalue weighted by molar-refractivity contribution is 5.54. The van der Waals surface area contributed by atoms with Crippen molar-refractivity contribution in [2.24, 2.45) is 0 Å². The smallest absolute Gasteiger partial charge is 0.106 e. The number of hydrogen-bond acceptors (Lipinski definition) is 3. The summed E-state index contributed by atoms with van der Waals surface area (Å²) in [4.78, 5) is 2.41. The molecule has 2 atom stereocenters. The van der Waals surface area contributed by atoms with E-state index in [4.69, 9.17) is 9.47 Å². The number of epoxide rings is 2. The molecular weight excluding hydrogens is 226 g/mol. The highest BCUT2D eigenvalue weighted by atomic mass is 16.6. The summed E-state index contributed by atoms with van der Waals surface area (Å²) in [6.45, 7) is 10.1. The highest BCUT2D eigenvalue weighted by Crippen LogP contribution is 2.34. The van der Waals surface area contributed by atoms with E-state index in [1.54, 1.807) is 0 Å². The third kappa shape index (κ3) is 2.52. The van der Waals surface area contributed by atoms with Crippen molar-refractivity contribution in [1.82, 2.24) is 0 Å². The molecule has 0 aromatic heterocycles. The zero-order chi connectivity index (χ0) is 12.8. The maximum Gasteiger partial charge on any atom is 0.106 e. The molecule has 0 amide bonds. The van der Waals surface area contributed by atoms with Crippen molar-refractivity contribution >= 4 is 5.69 Å². The number of aryl methyl sites for hydroxylation is 1. The van der Waals surface area contributed by atoms with Gasteiger partial charge in [-0.15, -0.1) is 0 Å². The van der Waals surface area contributed by atoms with E-state index in [1.165, 1.54) is 11.3 Å². The predicted molar refractivity (Wildman–Crippen MR) is 72.1 cm³/mol. The van der Waals surface area contributed by atoms with Crippen LogP contribution in [0.5, 0.6) is 0 Å². The van der Waals surface area contributed by atoms with Gasteiger partial charge in [0.1, 0.15) is 11.2 Å². The molecule has 0 saturated carbocycles. The van der Waals surface area contributed by atoms with Gasteiger partial charge in [0.2, 0.25) is 0 Å². The molecule has 3 heteroatoms. The molecule has 0 aliphatic carbocycles. The monoisotopic (exact) mass is 247 g/mol. The molecule has 3 nitrogen and oxygen atoms in total. The number of anilines is 1. The average Bonchev–Trinajstić information content (AvgIpc) is 3.21. The lowest BCUT2D eigenvalue weighted by Gasteiger charge is -2.29. The van der Waals surface area contributed by atoms with Gasteiger partial charge in [0.05, 0.1) is 13.2 Å². The van der Waals surface area contributed by atoms with Gasteiger partial charge in [0.15, 0.2) is 0 Å². The quantitative estimate of drug-likeness (QED) is 0.748. The van der Waals surface area contributed by atoms with Crippen LogP contribution in [0.25, 0.3) is 0 Å². The number of ether oxygens (including phenoxy) is 2. The summed E-state index contributed by atoms with van der Waals surface area (Å²) < 4.78 is 11.1. The summed E-state index contributed by atoms with van der Waals surface area (Å²) in [6, 6.07) is 8.53. The number of nitrogens with zero attached hydrogens (tertiary/aromatic N) is 1. The van der Waals surface area contributed by atoms with Crippen LogP contribution in [0.15, 0.2) is 24.3 Å². The second-order valence-electron chi connectivity index (χ2n) is 6.12. The van der Waals surface area contributed by atoms with E-state index < -0.39 is 0 Å². The summed E-state index contributed by atoms with van der Waals surface area (Å²) in [7, 11) is 0. The Hall–Kier alpha value is -1.06. The van der Waals surface area contributed by atoms with Crippen LogP contribution in [0.4, 0.5) is 5.69 Å². The minimum atomic E-state index is 0.0352. The van der Waals surface area contributed by atoms with Crippen LogP contribution >= 0.6 is 0 Å². The molecule has 2 aliphatic rings. The number of hydrogen-bond donors (Lipinski definition) is 0. The fourth-order valence-corrected chi connectivity index (χ4v) is 2.38. The van der Waals surface area contributed by atoms with Gasteiger partial charge < -0.3 is 14.4 Å². The van der Waals surface area contributed by atoms with Gasteiger partial charge in [0, 0.05) is 18.8 Å². The summed E-state index contributed by atoms with van der Waals surface area (Å²) in [5, 5.41) is 0. The lowest BCUT2D eigenvalue weighted by molar-refractivity contribution is 0.300. The second kappa shape index (κ2) is 3.97. The summed E-state index contributed by atoms with van der Waals surface area (Å²) in [5.74, 6) is 0. The zero-order valence-corrected chi connectivity index (χ0v) is 11.4. The summed E-state index contributed by atoms with van der Waals surface area (Å²) >= 11 is 0. The molecule has 0 radical (unpaired) electrons. The van der Waals surface area contributed by atoms with E-state index in [0.717, 1.165) is 26.3 Å². The molecule has 2 aliphatic heterocycles. The van der Waals surface area contributed by atoms with Crippen LogP contribution in [0, 0.1) is 6.92 Å². The lowest BCUT2D eigenvalue weighted by Crippen LogP contribution is -2.39. The maximum absolute atomic E-state index is 5.54. The van der Waals surface area contributed by atoms with E-state index in [-0.39, 0.29) is 11.2 Å². The van der Waals surface area contributed by atoms with Crippen LogP contribution in [-0.4, -0.2) is 37.5 Å². The topological polar surface area (TPSA) is 28.3 Å². The average molecular weight is 247 g/mol. The molecular formula is C15H21NO2. The second-order valence-corrected chi connectivity index (χ2v) is 6.12.